The summed E-state index contributed by atoms with van der Waals surface area (Å²) in [4.78, 5) is 24.0. The first kappa shape index (κ1) is 22.4. The van der Waals surface area contributed by atoms with E-state index in [0.29, 0.717) is 0 Å². The number of non-ortho nitro benzene ring substituents is 1. The summed E-state index contributed by atoms with van der Waals surface area (Å²) < 4.78 is 10.3. The monoisotopic (exact) mass is 464 g/mol. The van der Waals surface area contributed by atoms with Crippen molar-refractivity contribution < 1.29 is 29.4 Å². The van der Waals surface area contributed by atoms with Gasteiger partial charge in [0.05, 0.1) is 36.6 Å². The quantitative estimate of drug-likeness (QED) is 0.285. The zero-order valence-corrected chi connectivity index (χ0v) is 18.1. The van der Waals surface area contributed by atoms with E-state index in [0.717, 1.165) is 5.01 Å². The highest BCUT2D eigenvalue weighted by Crippen LogP contribution is 2.41. The number of benzene rings is 3. The van der Waals surface area contributed by atoms with Crippen molar-refractivity contribution in [1.29, 1.82) is 0 Å². The molecule has 174 valence electrons. The second-order valence-corrected chi connectivity index (χ2v) is 7.22. The summed E-state index contributed by atoms with van der Waals surface area (Å²) in [6, 6.07) is 13.3. The number of carbonyl (C=O) groups is 1. The summed E-state index contributed by atoms with van der Waals surface area (Å²) in [5.74, 6) is -0.566. The average molecular weight is 464 g/mol. The fourth-order valence-corrected chi connectivity index (χ4v) is 3.59. The number of fused-ring (bicyclic) bond motifs is 1. The zero-order valence-electron chi connectivity index (χ0n) is 18.1. The zero-order chi connectivity index (χ0) is 24.4. The second-order valence-electron chi connectivity index (χ2n) is 7.22. The van der Waals surface area contributed by atoms with Crippen LogP contribution in [0.5, 0.6) is 23.0 Å². The van der Waals surface area contributed by atoms with Crippen LogP contribution in [-0.2, 0) is 0 Å². The van der Waals surface area contributed by atoms with Crippen molar-refractivity contribution in [2.24, 2.45) is 5.10 Å². The summed E-state index contributed by atoms with van der Waals surface area (Å²) in [7, 11) is 2.80. The first-order valence-electron chi connectivity index (χ1n) is 10.00. The molecule has 3 aromatic rings. The molecule has 3 N–H and O–H groups in total. The van der Waals surface area contributed by atoms with E-state index in [1.54, 1.807) is 36.4 Å². The predicted octanol–water partition coefficient (Wildman–Crippen LogP) is 3.62. The van der Waals surface area contributed by atoms with Crippen LogP contribution in [0.4, 0.5) is 11.4 Å². The number of phenols is 2. The fourth-order valence-electron chi connectivity index (χ4n) is 3.59. The Bertz CT molecular complexity index is 1310. The third-order valence-electron chi connectivity index (χ3n) is 5.31. The molecule has 0 aromatic heterocycles. The molecule has 4 rings (SSSR count). The van der Waals surface area contributed by atoms with Crippen LogP contribution < -0.4 is 14.8 Å². The molecular formula is C23H20N4O7. The molecule has 0 bridgehead atoms. The number of nitrogens with one attached hydrogen (secondary N) is 1. The van der Waals surface area contributed by atoms with Crippen LogP contribution >= 0.6 is 0 Å². The first-order valence-corrected chi connectivity index (χ1v) is 10.00. The van der Waals surface area contributed by atoms with Crippen molar-refractivity contribution in [2.75, 3.05) is 19.5 Å². The average Bonchev–Trinajstić information content (AvgIpc) is 2.84. The number of amides is 1. The molecular weight excluding hydrogens is 444 g/mol. The number of para-hydroxylation sites is 2. The molecule has 34 heavy (non-hydrogen) atoms. The van der Waals surface area contributed by atoms with Gasteiger partial charge in [-0.05, 0) is 24.3 Å². The smallest absolute Gasteiger partial charge is 0.278 e. The van der Waals surface area contributed by atoms with Crippen molar-refractivity contribution in [3.8, 4) is 23.0 Å². The van der Waals surface area contributed by atoms with Crippen LogP contribution in [-0.4, -0.2) is 46.5 Å². The summed E-state index contributed by atoms with van der Waals surface area (Å²) in [6.07, 6.45) is 0.235. The number of nitrogens with zero attached hydrogens (tertiary/aromatic N) is 3. The van der Waals surface area contributed by atoms with Crippen LogP contribution in [0.15, 0.2) is 59.7 Å². The number of methoxy groups -OCH3 is 2. The molecule has 0 radical (unpaired) electrons. The van der Waals surface area contributed by atoms with Crippen LogP contribution in [0.2, 0.25) is 0 Å². The molecule has 1 unspecified atom stereocenters. The van der Waals surface area contributed by atoms with Crippen LogP contribution in [0.3, 0.4) is 0 Å². The number of hydrazone groups is 1. The molecule has 11 heteroatoms. The minimum absolute atomic E-state index is 0.149. The maximum absolute atomic E-state index is 13.4. The van der Waals surface area contributed by atoms with Crippen molar-refractivity contribution in [3.05, 3.63) is 81.4 Å². The van der Waals surface area contributed by atoms with Gasteiger partial charge in [-0.3, -0.25) is 14.9 Å². The fraction of sp³-hybridized carbons (Fsp3) is 0.130. The number of rotatable bonds is 6. The van der Waals surface area contributed by atoms with E-state index in [9.17, 15) is 25.1 Å². The van der Waals surface area contributed by atoms with Crippen molar-refractivity contribution in [2.45, 2.75) is 6.17 Å². The Hall–Kier alpha value is -4.80. The molecule has 1 amide bonds. The number of phenolic OH excluding ortho intramolecular Hbond substituents is 2. The lowest BCUT2D eigenvalue weighted by atomic mass is 10.0. The van der Waals surface area contributed by atoms with Gasteiger partial charge in [-0.25, -0.2) is 5.01 Å². The summed E-state index contributed by atoms with van der Waals surface area (Å²) in [5.41, 5.74) is 0.691. The molecule has 1 aliphatic heterocycles. The number of anilines is 1. The number of ether oxygens (including phenoxy) is 2. The summed E-state index contributed by atoms with van der Waals surface area (Å²) >= 11 is 0. The Morgan fingerprint density at radius 3 is 2.41 bits per heavy atom. The predicted molar refractivity (Wildman–Crippen MR) is 123 cm³/mol. The Balaban J connectivity index is 1.83. The van der Waals surface area contributed by atoms with Gasteiger partial charge in [-0.1, -0.05) is 18.2 Å². The van der Waals surface area contributed by atoms with Crippen LogP contribution in [0.25, 0.3) is 0 Å². The van der Waals surface area contributed by atoms with Crippen LogP contribution in [0, 0.1) is 10.1 Å². The van der Waals surface area contributed by atoms with Gasteiger partial charge < -0.3 is 25.0 Å². The number of aromatic hydroxyl groups is 2. The maximum Gasteiger partial charge on any atom is 0.278 e. The van der Waals surface area contributed by atoms with Crippen molar-refractivity contribution in [1.82, 2.24) is 5.01 Å². The highest BCUT2D eigenvalue weighted by molar-refractivity contribution is 6.02. The topological polar surface area (TPSA) is 147 Å². The maximum atomic E-state index is 13.4. The third kappa shape index (κ3) is 3.90. The van der Waals surface area contributed by atoms with Gasteiger partial charge >= 0.3 is 0 Å². The van der Waals surface area contributed by atoms with Gasteiger partial charge in [0.2, 0.25) is 0 Å². The minimum Gasteiger partial charge on any atom is -0.504 e. The SMILES string of the molecule is COc1cccc(C=NN2C(=O)c3ccc([N+](=O)[O-])cc3NC2c2cccc(OC)c2O)c1O. The van der Waals surface area contributed by atoms with E-state index < -0.39 is 17.0 Å². The first-order chi connectivity index (χ1) is 16.3. The number of hydrogen-bond acceptors (Lipinski definition) is 9. The van der Waals surface area contributed by atoms with E-state index in [2.05, 4.69) is 10.4 Å². The molecule has 1 heterocycles. The van der Waals surface area contributed by atoms with Crippen LogP contribution in [0.1, 0.15) is 27.7 Å². The Kier molecular flexibility index (Phi) is 5.92. The highest BCUT2D eigenvalue weighted by atomic mass is 16.6. The van der Waals surface area contributed by atoms with Gasteiger partial charge in [0.15, 0.2) is 29.2 Å². The Morgan fingerprint density at radius 2 is 1.74 bits per heavy atom. The molecule has 0 fully saturated rings. The summed E-state index contributed by atoms with van der Waals surface area (Å²) in [6.45, 7) is 0. The number of nitro benzene ring substituents is 1. The van der Waals surface area contributed by atoms with Gasteiger partial charge in [0.25, 0.3) is 11.6 Å². The third-order valence-corrected chi connectivity index (χ3v) is 5.31. The standard InChI is InChI=1S/C23H20N4O7/c1-33-18-7-3-5-13(20(18)28)12-24-26-22(16-6-4-8-19(34-2)21(16)29)25-17-11-14(27(31)32)9-10-15(17)23(26)30/h3-12,22,25,28-29H,1-2H3. The van der Waals surface area contributed by atoms with E-state index in [4.69, 9.17) is 9.47 Å². The number of carbonyl (C=O) groups excluding carboxylic acids is 1. The van der Waals surface area contributed by atoms with Crippen molar-refractivity contribution in [3.63, 3.8) is 0 Å². The molecule has 0 aliphatic carbocycles. The molecule has 11 nitrogen and oxygen atoms in total. The Morgan fingerprint density at radius 1 is 1.06 bits per heavy atom. The summed E-state index contributed by atoms with van der Waals surface area (Å²) in [5, 5.41) is 40.7. The molecule has 0 spiro atoms. The van der Waals surface area contributed by atoms with Gasteiger partial charge in [-0.2, -0.15) is 5.10 Å². The molecule has 3 aromatic carbocycles. The number of nitro groups is 1. The lowest BCUT2D eigenvalue weighted by Gasteiger charge is -2.34. The number of hydrogen-bond donors (Lipinski definition) is 3. The molecule has 0 saturated heterocycles. The lowest BCUT2D eigenvalue weighted by molar-refractivity contribution is -0.384. The van der Waals surface area contributed by atoms with E-state index >= 15 is 0 Å². The highest BCUT2D eigenvalue weighted by Gasteiger charge is 2.36. The second kappa shape index (κ2) is 8.98. The van der Waals surface area contributed by atoms with Gasteiger partial charge in [-0.15, -0.1) is 0 Å². The lowest BCUT2D eigenvalue weighted by Crippen LogP contribution is -2.39. The van der Waals surface area contributed by atoms with E-state index in [1.807, 2.05) is 0 Å². The normalized spacial score (nSPS) is 15.1. The van der Waals surface area contributed by atoms with Gasteiger partial charge in [0.1, 0.15) is 0 Å². The largest absolute Gasteiger partial charge is 0.504 e. The Labute approximate surface area is 193 Å². The van der Waals surface area contributed by atoms with E-state index in [1.165, 1.54) is 38.6 Å². The van der Waals surface area contributed by atoms with Crippen molar-refractivity contribution >= 4 is 23.5 Å². The molecule has 1 atom stereocenters. The van der Waals surface area contributed by atoms with Gasteiger partial charge in [0, 0.05) is 23.3 Å². The van der Waals surface area contributed by atoms with E-state index in [-0.39, 0.29) is 51.1 Å². The molecule has 0 saturated carbocycles. The molecule has 1 aliphatic rings. The minimum atomic E-state index is -1.04.